The van der Waals surface area contributed by atoms with E-state index in [1.54, 1.807) is 6.07 Å². The topological polar surface area (TPSA) is 67.5 Å². The number of anilines is 1. The van der Waals surface area contributed by atoms with Crippen LogP contribution >= 0.6 is 10.8 Å². The standard InChI is InChI=1S/C20H25F3N2O2S/c1-3-4-17-18-12-5-7-14(9-12)19(18,2)28(26,27)25(17)15-8-6-13(11-24)16(10-15)20(21,22)23/h6,8,10,12,14,17-18,26-27H,3-5,7,9H2,1-2H3/t12-,14+,17+,18+,19+/m0/s1. The molecule has 1 aliphatic heterocycles. The fourth-order valence-corrected chi connectivity index (χ4v) is 9.01. The van der Waals surface area contributed by atoms with Crippen molar-refractivity contribution in [1.82, 2.24) is 0 Å². The van der Waals surface area contributed by atoms with Crippen LogP contribution in [0.2, 0.25) is 0 Å². The summed E-state index contributed by atoms with van der Waals surface area (Å²) >= 11 is 0. The second-order valence-electron chi connectivity index (χ2n) is 8.52. The van der Waals surface area contributed by atoms with Crippen LogP contribution < -0.4 is 4.31 Å². The van der Waals surface area contributed by atoms with E-state index in [1.807, 2.05) is 13.8 Å². The van der Waals surface area contributed by atoms with Gasteiger partial charge in [0.1, 0.15) is 0 Å². The van der Waals surface area contributed by atoms with Gasteiger partial charge in [-0.15, -0.1) is 10.8 Å². The minimum Gasteiger partial charge on any atom is -0.281 e. The molecule has 8 heteroatoms. The highest BCUT2D eigenvalue weighted by molar-refractivity contribution is 8.26. The Morgan fingerprint density at radius 3 is 2.64 bits per heavy atom. The van der Waals surface area contributed by atoms with Gasteiger partial charge >= 0.3 is 6.18 Å². The molecule has 1 aromatic carbocycles. The molecular formula is C20H25F3N2O2S. The molecule has 3 fully saturated rings. The van der Waals surface area contributed by atoms with Crippen molar-refractivity contribution in [3.8, 4) is 6.07 Å². The average molecular weight is 414 g/mol. The second kappa shape index (κ2) is 6.28. The van der Waals surface area contributed by atoms with E-state index < -0.39 is 32.8 Å². The van der Waals surface area contributed by atoms with E-state index in [4.69, 9.17) is 5.26 Å². The lowest BCUT2D eigenvalue weighted by atomic mass is 9.74. The maximum atomic E-state index is 13.5. The summed E-state index contributed by atoms with van der Waals surface area (Å²) in [5, 5.41) is 9.07. The van der Waals surface area contributed by atoms with Crippen molar-refractivity contribution in [2.45, 2.75) is 62.9 Å². The fraction of sp³-hybridized carbons (Fsp3) is 0.650. The Bertz CT molecular complexity index is 838. The zero-order chi connectivity index (χ0) is 20.5. The predicted molar refractivity (Wildman–Crippen MR) is 103 cm³/mol. The van der Waals surface area contributed by atoms with E-state index >= 15 is 0 Å². The lowest BCUT2D eigenvalue weighted by Crippen LogP contribution is -2.42. The third-order valence-electron chi connectivity index (χ3n) is 7.30. The second-order valence-corrected chi connectivity index (χ2v) is 10.8. The molecule has 2 bridgehead atoms. The first kappa shape index (κ1) is 19.9. The Morgan fingerprint density at radius 2 is 2.04 bits per heavy atom. The number of fused-ring (bicyclic) bond motifs is 5. The summed E-state index contributed by atoms with van der Waals surface area (Å²) in [6.07, 6.45) is -0.199. The summed E-state index contributed by atoms with van der Waals surface area (Å²) in [6.45, 7) is 3.93. The third-order valence-corrected chi connectivity index (χ3v) is 10.1. The minimum absolute atomic E-state index is 0.0705. The molecule has 0 radical (unpaired) electrons. The Morgan fingerprint density at radius 1 is 1.32 bits per heavy atom. The SMILES string of the molecule is CCC[C@@H]1[C@H]2[C@H]3CC[C@H](C3)[C@@]2(C)S(O)(O)N1c1ccc(C#N)c(C(F)(F)F)c1. The highest BCUT2D eigenvalue weighted by atomic mass is 32.3. The molecule has 0 amide bonds. The van der Waals surface area contributed by atoms with Gasteiger partial charge in [0.25, 0.3) is 0 Å². The van der Waals surface area contributed by atoms with Gasteiger partial charge in [0.05, 0.1) is 33.7 Å². The molecule has 2 N–H and O–H groups in total. The lowest BCUT2D eigenvalue weighted by Gasteiger charge is -2.51. The molecule has 0 spiro atoms. The minimum atomic E-state index is -4.68. The molecule has 2 aliphatic carbocycles. The fourth-order valence-electron chi connectivity index (χ4n) is 6.18. The molecule has 154 valence electrons. The maximum absolute atomic E-state index is 13.5. The van der Waals surface area contributed by atoms with E-state index in [1.165, 1.54) is 10.4 Å². The molecule has 1 aromatic rings. The normalized spacial score (nSPS) is 37.0. The van der Waals surface area contributed by atoms with E-state index in [9.17, 15) is 22.3 Å². The zero-order valence-electron chi connectivity index (χ0n) is 15.9. The molecule has 0 aromatic heterocycles. The largest absolute Gasteiger partial charge is 0.417 e. The van der Waals surface area contributed by atoms with Gasteiger partial charge in [0.2, 0.25) is 0 Å². The summed E-state index contributed by atoms with van der Waals surface area (Å²) in [4.78, 5) is 0. The van der Waals surface area contributed by atoms with Crippen LogP contribution in [0.1, 0.15) is 57.1 Å². The summed E-state index contributed by atoms with van der Waals surface area (Å²) in [6, 6.07) is 4.87. The highest BCUT2D eigenvalue weighted by Crippen LogP contribution is 2.78. The summed E-state index contributed by atoms with van der Waals surface area (Å²) in [5.41, 5.74) is -1.33. The van der Waals surface area contributed by atoms with E-state index in [2.05, 4.69) is 0 Å². The molecular weight excluding hydrogens is 389 g/mol. The van der Waals surface area contributed by atoms with Gasteiger partial charge in [-0.2, -0.15) is 18.4 Å². The van der Waals surface area contributed by atoms with Crippen molar-refractivity contribution < 1.29 is 22.3 Å². The van der Waals surface area contributed by atoms with Gasteiger partial charge in [0.15, 0.2) is 0 Å². The predicted octanol–water partition coefficient (Wildman–Crippen LogP) is 6.04. The number of rotatable bonds is 3. The number of alkyl halides is 3. The smallest absolute Gasteiger partial charge is 0.281 e. The average Bonchev–Trinajstić information content (AvgIpc) is 3.25. The summed E-state index contributed by atoms with van der Waals surface area (Å²) < 4.78 is 64.1. The van der Waals surface area contributed by atoms with Crippen molar-refractivity contribution in [2.75, 3.05) is 4.31 Å². The van der Waals surface area contributed by atoms with E-state index in [-0.39, 0.29) is 23.6 Å². The van der Waals surface area contributed by atoms with Crippen molar-refractivity contribution in [3.63, 3.8) is 0 Å². The van der Waals surface area contributed by atoms with Gasteiger partial charge in [-0.3, -0.25) is 13.4 Å². The van der Waals surface area contributed by atoms with Crippen LogP contribution in [0.5, 0.6) is 0 Å². The van der Waals surface area contributed by atoms with Crippen LogP contribution in [-0.4, -0.2) is 19.9 Å². The van der Waals surface area contributed by atoms with Crippen LogP contribution in [0.15, 0.2) is 18.2 Å². The van der Waals surface area contributed by atoms with Gasteiger partial charge in [-0.1, -0.05) is 13.3 Å². The molecule has 1 heterocycles. The number of nitrogens with zero attached hydrogens (tertiary/aromatic N) is 2. The van der Waals surface area contributed by atoms with Gasteiger partial charge in [-0.05, 0) is 62.6 Å². The summed E-state index contributed by atoms with van der Waals surface area (Å²) in [5.74, 6) is 0.654. The van der Waals surface area contributed by atoms with Gasteiger partial charge < -0.3 is 0 Å². The van der Waals surface area contributed by atoms with E-state index in [0.29, 0.717) is 12.3 Å². The molecule has 1 saturated heterocycles. The van der Waals surface area contributed by atoms with Crippen molar-refractivity contribution >= 4 is 16.5 Å². The molecule has 4 nitrogen and oxygen atoms in total. The van der Waals surface area contributed by atoms with Crippen LogP contribution in [0.4, 0.5) is 18.9 Å². The quantitative estimate of drug-likeness (QED) is 0.633. The molecule has 2 saturated carbocycles. The number of hydrogen-bond donors (Lipinski definition) is 2. The molecule has 3 aliphatic rings. The lowest BCUT2D eigenvalue weighted by molar-refractivity contribution is -0.137. The monoisotopic (exact) mass is 414 g/mol. The van der Waals surface area contributed by atoms with Crippen LogP contribution in [0.25, 0.3) is 0 Å². The van der Waals surface area contributed by atoms with Crippen molar-refractivity contribution in [3.05, 3.63) is 29.3 Å². The third kappa shape index (κ3) is 2.45. The first-order valence-corrected chi connectivity index (χ1v) is 11.3. The first-order valence-electron chi connectivity index (χ1n) is 9.75. The Labute approximate surface area is 164 Å². The molecule has 28 heavy (non-hydrogen) atoms. The van der Waals surface area contributed by atoms with Crippen molar-refractivity contribution in [2.24, 2.45) is 17.8 Å². The Hall–Kier alpha value is -1.43. The molecule has 0 unspecified atom stereocenters. The molecule has 4 rings (SSSR count). The summed E-state index contributed by atoms with van der Waals surface area (Å²) in [7, 11) is -3.32. The number of benzene rings is 1. The Balaban J connectivity index is 1.86. The zero-order valence-corrected chi connectivity index (χ0v) is 16.7. The van der Waals surface area contributed by atoms with Crippen LogP contribution in [-0.2, 0) is 6.18 Å². The number of nitriles is 1. The van der Waals surface area contributed by atoms with Crippen LogP contribution in [0.3, 0.4) is 0 Å². The first-order chi connectivity index (χ1) is 13.1. The van der Waals surface area contributed by atoms with E-state index in [0.717, 1.165) is 37.8 Å². The van der Waals surface area contributed by atoms with Gasteiger partial charge in [0, 0.05) is 5.92 Å². The number of halogens is 3. The van der Waals surface area contributed by atoms with Crippen LogP contribution in [0, 0.1) is 29.1 Å². The van der Waals surface area contributed by atoms with Crippen molar-refractivity contribution in [1.29, 1.82) is 5.26 Å². The Kier molecular flexibility index (Phi) is 4.46. The van der Waals surface area contributed by atoms with Gasteiger partial charge in [-0.25, -0.2) is 0 Å². The highest BCUT2D eigenvalue weighted by Gasteiger charge is 2.70. The number of hydrogen-bond acceptors (Lipinski definition) is 4. The molecule has 5 atom stereocenters. The maximum Gasteiger partial charge on any atom is 0.417 e.